The number of carboxylic acids is 1. The number of piperidine rings is 2. The molecule has 137 heavy (non-hydrogen) atoms. The highest BCUT2D eigenvalue weighted by atomic mass is 35.5. The average Bonchev–Trinajstić information content (AvgIpc) is 1.60. The number of hydrogen-bond acceptors (Lipinski definition) is 30. The number of ether oxygens (including phenoxy) is 8. The Morgan fingerprint density at radius 2 is 0.869 bits per heavy atom. The standard InChI is InChI=1S/C49H62ClN7O11.C25H31ClN4O4.C24H33N3O8/c1-32-30-40(59)44-42(32)45(53-31-52-44)55-18-20-56(21-19-55)47(62)36(33-11-13-34(50)14-12-33)8-3-2-6-35(58)7-5-22-65-24-26-67-28-29-68-27-25-66-23-17-51-38-10-4-9-37-43(38)49(64)57(48(37)63)39-15-16-41(60)54-46(39)61;1-16-14-20(31)23-22(16)24(28-15-27-23)29-10-12-30(13-11-29)25(34)19(4-2-3-5-21(32)33)17-6-8-18(26)9-7-17;25-8-10-33-12-14-35-16-15-34-13-11-32-9-2-4-17-3-1-5-18-21(17)24(31)27(23(18)30)19-6-7-20(28)26-22(19)29/h4,9-14,31-32,36,39-40,51,59H,2-3,5-8,15-30H2,1H3,(H,54,60,61);6-9,15-16,19-20,31H,2-5,10-14H2,1H3,(H,32,33);1,3,5,19H,2,4,6-16,25H2,(H,26,28,29)/t32-,36-,39?,40-;16-,19-,20-;/m11./s1. The SMILES string of the molecule is C[C@@H]1C[C@@H](O)c2ncnc(N3CCN(C(=O)[C@H](CCCCC(=O)CCCOCCOCCOCCOCCNc4cccc5c4C(=O)N(C4CCC(=O)NC4=O)C5=O)c4ccc(Cl)cc4)CC3)c21.C[C@@H]1C[C@@H](O)c2ncnc(N3CCN(C(=O)[C@H](CCCCC(=O)O)c4ccc(Cl)cc4)CC3)c21.NCCOCCOCCOCCOCCCc1cccc2c1C(=O)N(C1CCC(=O)NC1=O)C2=O. The molecule has 10 amide bonds. The molecule has 8 heterocycles. The van der Waals surface area contributed by atoms with Crippen LogP contribution in [0.3, 0.4) is 0 Å². The van der Waals surface area contributed by atoms with Gasteiger partial charge in [-0.05, 0) is 142 Å². The van der Waals surface area contributed by atoms with Gasteiger partial charge in [0.25, 0.3) is 23.6 Å². The zero-order valence-electron chi connectivity index (χ0n) is 77.8. The number of halogens is 2. The Balaban J connectivity index is 0.000000204. The Kier molecular flexibility index (Phi) is 41.0. The second-order valence-corrected chi connectivity index (χ2v) is 35.7. The molecule has 39 heteroatoms. The van der Waals surface area contributed by atoms with E-state index in [1.165, 1.54) is 12.7 Å². The summed E-state index contributed by atoms with van der Waals surface area (Å²) in [5.74, 6) is -3.27. The second-order valence-electron chi connectivity index (χ2n) is 34.8. The highest BCUT2D eigenvalue weighted by Gasteiger charge is 2.48. The topological polar surface area (TPSA) is 472 Å². The number of nitrogens with one attached hydrogen (secondary N) is 3. The molecule has 2 aliphatic carbocycles. The predicted molar refractivity (Wildman–Crippen MR) is 503 cm³/mol. The van der Waals surface area contributed by atoms with Gasteiger partial charge < -0.3 is 83.9 Å². The van der Waals surface area contributed by atoms with Crippen LogP contribution in [0, 0.1) is 0 Å². The number of fused-ring (bicyclic) bond motifs is 4. The number of anilines is 3. The molecule has 4 aromatic carbocycles. The van der Waals surface area contributed by atoms with Gasteiger partial charge in [0, 0.05) is 138 Å². The lowest BCUT2D eigenvalue weighted by atomic mass is 9.91. The van der Waals surface area contributed by atoms with Gasteiger partial charge in [-0.25, -0.2) is 19.9 Å². The van der Waals surface area contributed by atoms with Gasteiger partial charge in [-0.3, -0.25) is 78.0 Å². The number of aryl methyl sites for hydroxylation is 1. The van der Waals surface area contributed by atoms with E-state index < -0.39 is 77.5 Å². The van der Waals surface area contributed by atoms with Gasteiger partial charge in [-0.1, -0.05) is 92.4 Å². The molecular formula is C98H126Cl2N14O23. The van der Waals surface area contributed by atoms with Crippen LogP contribution < -0.4 is 31.5 Å². The molecule has 4 saturated heterocycles. The molecule has 14 rings (SSSR count). The van der Waals surface area contributed by atoms with E-state index in [0.29, 0.717) is 281 Å². The molecule has 740 valence electrons. The van der Waals surface area contributed by atoms with Crippen LogP contribution in [0.4, 0.5) is 17.3 Å². The summed E-state index contributed by atoms with van der Waals surface area (Å²) in [7, 11) is 0. The van der Waals surface area contributed by atoms with E-state index in [1.54, 1.807) is 42.5 Å². The fraction of sp³-hybridized carbons (Fsp3) is 0.551. The van der Waals surface area contributed by atoms with Gasteiger partial charge >= 0.3 is 5.97 Å². The average molecular weight is 1940 g/mol. The molecule has 0 radical (unpaired) electrons. The fourth-order valence-corrected chi connectivity index (χ4v) is 18.6. The van der Waals surface area contributed by atoms with Crippen molar-refractivity contribution in [3.63, 3.8) is 0 Å². The van der Waals surface area contributed by atoms with E-state index in [0.717, 1.165) is 61.4 Å². The van der Waals surface area contributed by atoms with Gasteiger partial charge in [0.2, 0.25) is 35.4 Å². The Bertz CT molecular complexity index is 5120. The van der Waals surface area contributed by atoms with Crippen molar-refractivity contribution in [1.29, 1.82) is 0 Å². The third-order valence-corrected chi connectivity index (χ3v) is 25.9. The number of amides is 10. The quantitative estimate of drug-likeness (QED) is 0.0139. The number of piperazine rings is 2. The Hall–Kier alpha value is -10.8. The number of benzene rings is 4. The zero-order chi connectivity index (χ0) is 97.3. The summed E-state index contributed by atoms with van der Waals surface area (Å²) >= 11 is 12.2. The van der Waals surface area contributed by atoms with E-state index in [-0.39, 0.29) is 84.5 Å². The number of rotatable bonds is 50. The molecule has 2 aromatic heterocycles. The summed E-state index contributed by atoms with van der Waals surface area (Å²) in [6.07, 6.45) is 10.3. The maximum absolute atomic E-state index is 14.0. The van der Waals surface area contributed by atoms with Crippen LogP contribution in [0.5, 0.6) is 0 Å². The van der Waals surface area contributed by atoms with Crippen LogP contribution in [0.15, 0.2) is 97.6 Å². The summed E-state index contributed by atoms with van der Waals surface area (Å²) in [4.78, 5) is 179. The fourth-order valence-electron chi connectivity index (χ4n) is 18.4. The lowest BCUT2D eigenvalue weighted by molar-refractivity contribution is -0.138. The lowest BCUT2D eigenvalue weighted by Gasteiger charge is -2.38. The zero-order valence-corrected chi connectivity index (χ0v) is 79.3. The number of carbonyl (C=O) groups is 12. The highest BCUT2D eigenvalue weighted by Crippen LogP contribution is 2.45. The maximum Gasteiger partial charge on any atom is 0.303 e. The molecule has 8 N–H and O–H groups in total. The first kappa shape index (κ1) is 105. The van der Waals surface area contributed by atoms with Crippen LogP contribution >= 0.6 is 23.2 Å². The van der Waals surface area contributed by atoms with Gasteiger partial charge in [0.1, 0.15) is 42.2 Å². The first-order valence-corrected chi connectivity index (χ1v) is 48.3. The van der Waals surface area contributed by atoms with E-state index in [9.17, 15) is 67.7 Å². The number of hydrogen-bond donors (Lipinski definition) is 7. The summed E-state index contributed by atoms with van der Waals surface area (Å²) in [5, 5.41) is 38.5. The van der Waals surface area contributed by atoms with Crippen molar-refractivity contribution in [2.45, 2.75) is 177 Å². The summed E-state index contributed by atoms with van der Waals surface area (Å²) in [6.45, 7) is 16.8. The van der Waals surface area contributed by atoms with E-state index >= 15 is 0 Å². The van der Waals surface area contributed by atoms with Crippen molar-refractivity contribution in [3.8, 4) is 0 Å². The van der Waals surface area contributed by atoms with E-state index in [4.69, 9.17) is 71.9 Å². The van der Waals surface area contributed by atoms with Crippen LogP contribution in [0.1, 0.15) is 240 Å². The molecular weight excluding hydrogens is 1810 g/mol. The van der Waals surface area contributed by atoms with E-state index in [2.05, 4.69) is 59.5 Å². The van der Waals surface area contributed by atoms with Gasteiger partial charge in [0.15, 0.2) is 0 Å². The van der Waals surface area contributed by atoms with Crippen LogP contribution in [0.2, 0.25) is 10.0 Å². The van der Waals surface area contributed by atoms with E-state index in [1.807, 2.05) is 52.3 Å². The number of unbranched alkanes of at least 4 members (excludes halogenated alkanes) is 2. The number of nitrogens with two attached hydrogens (primary N) is 1. The molecule has 8 atom stereocenters. The summed E-state index contributed by atoms with van der Waals surface area (Å²) in [6, 6.07) is 22.9. The monoisotopic (exact) mass is 1940 g/mol. The minimum absolute atomic E-state index is 0.0549. The number of aliphatic hydroxyl groups is 2. The third-order valence-electron chi connectivity index (χ3n) is 25.4. The molecule has 37 nitrogen and oxygen atoms in total. The largest absolute Gasteiger partial charge is 0.481 e. The van der Waals surface area contributed by atoms with Crippen molar-refractivity contribution in [1.82, 2.24) is 50.2 Å². The summed E-state index contributed by atoms with van der Waals surface area (Å²) < 4.78 is 44.0. The number of nitrogens with zero attached hydrogens (tertiary/aromatic N) is 10. The number of aliphatic carboxylic acids is 1. The number of carbonyl (C=O) groups excluding carboxylic acids is 11. The van der Waals surface area contributed by atoms with Gasteiger partial charge in [0.05, 0.1) is 150 Å². The van der Waals surface area contributed by atoms with Gasteiger partial charge in [-0.2, -0.15) is 0 Å². The molecule has 4 fully saturated rings. The van der Waals surface area contributed by atoms with Crippen LogP contribution in [0.25, 0.3) is 0 Å². The first-order chi connectivity index (χ1) is 66.4. The lowest BCUT2D eigenvalue weighted by Crippen LogP contribution is -2.54. The highest BCUT2D eigenvalue weighted by molar-refractivity contribution is 6.31. The van der Waals surface area contributed by atoms with Crippen LogP contribution in [-0.4, -0.2) is 309 Å². The minimum atomic E-state index is -1.03. The minimum Gasteiger partial charge on any atom is -0.481 e. The van der Waals surface area contributed by atoms with Crippen molar-refractivity contribution in [2.24, 2.45) is 5.73 Å². The number of carboxylic acid groups (broad SMARTS) is 1. The van der Waals surface area contributed by atoms with Crippen molar-refractivity contribution in [2.75, 3.05) is 186 Å². The number of Topliss-reactive ketones (excluding diaryl/α,β-unsaturated/α-hetero) is 1. The maximum atomic E-state index is 14.0. The Morgan fingerprint density at radius 3 is 1.31 bits per heavy atom. The van der Waals surface area contributed by atoms with Crippen molar-refractivity contribution in [3.05, 3.63) is 169 Å². The number of aliphatic hydroxyl groups excluding tert-OH is 2. The molecule has 6 aliphatic heterocycles. The molecule has 0 bridgehead atoms. The molecule has 0 saturated carbocycles. The Labute approximate surface area is 806 Å². The molecule has 0 spiro atoms. The van der Waals surface area contributed by atoms with Crippen LogP contribution in [-0.2, 0) is 82.7 Å². The smallest absolute Gasteiger partial charge is 0.303 e. The van der Waals surface area contributed by atoms with Crippen molar-refractivity contribution < 1.29 is 111 Å². The Morgan fingerprint density at radius 1 is 0.467 bits per heavy atom. The molecule has 6 aromatic rings. The number of ketones is 1. The first-order valence-electron chi connectivity index (χ1n) is 47.5. The van der Waals surface area contributed by atoms with Crippen molar-refractivity contribution >= 4 is 111 Å². The number of imide groups is 4. The number of aromatic nitrogens is 4. The third kappa shape index (κ3) is 29.0. The molecule has 2 unspecified atom stereocenters. The molecule has 8 aliphatic rings. The predicted octanol–water partition coefficient (Wildman–Crippen LogP) is 8.39. The summed E-state index contributed by atoms with van der Waals surface area (Å²) in [5.41, 5.74) is 12.8. The normalized spacial score (nSPS) is 19.4. The second kappa shape index (κ2) is 53.4. The van der Waals surface area contributed by atoms with Gasteiger partial charge in [-0.15, -0.1) is 0 Å².